The predicted octanol–water partition coefficient (Wildman–Crippen LogP) is 3.56. The number of rotatable bonds is 9. The highest BCUT2D eigenvalue weighted by Gasteiger charge is 2.18. The molecular weight excluding hydrogens is 250 g/mol. The van der Waals surface area contributed by atoms with Crippen molar-refractivity contribution in [2.24, 2.45) is 0 Å². The number of nitrogens with one attached hydrogen (secondary N) is 1. The lowest BCUT2D eigenvalue weighted by Gasteiger charge is -2.23. The highest BCUT2D eigenvalue weighted by Crippen LogP contribution is 2.15. The van der Waals surface area contributed by atoms with Gasteiger partial charge >= 0.3 is 0 Å². The summed E-state index contributed by atoms with van der Waals surface area (Å²) in [5.41, 5.74) is 0.682. The molecule has 0 atom stereocenters. The Morgan fingerprint density at radius 2 is 1.85 bits per heavy atom. The Kier molecular flexibility index (Phi) is 7.70. The number of pyridine rings is 1. The van der Waals surface area contributed by atoms with Gasteiger partial charge in [0.25, 0.3) is 5.91 Å². The molecule has 20 heavy (non-hydrogen) atoms. The van der Waals surface area contributed by atoms with E-state index in [0.29, 0.717) is 11.4 Å². The van der Waals surface area contributed by atoms with Crippen LogP contribution in [-0.4, -0.2) is 35.4 Å². The lowest BCUT2D eigenvalue weighted by Crippen LogP contribution is -2.33. The molecule has 1 heterocycles. The molecule has 1 amide bonds. The first-order valence-electron chi connectivity index (χ1n) is 7.72. The number of nitrogens with zero attached hydrogens (tertiary/aromatic N) is 2. The first kappa shape index (κ1) is 16.5. The normalized spacial score (nSPS) is 10.3. The smallest absolute Gasteiger partial charge is 0.257 e. The molecule has 0 aliphatic heterocycles. The van der Waals surface area contributed by atoms with Crippen LogP contribution in [-0.2, 0) is 0 Å². The van der Waals surface area contributed by atoms with Gasteiger partial charge in [-0.3, -0.25) is 4.79 Å². The van der Waals surface area contributed by atoms with Crippen LogP contribution in [0.2, 0.25) is 0 Å². The molecule has 1 aromatic rings. The summed E-state index contributed by atoms with van der Waals surface area (Å²) >= 11 is 0. The molecule has 112 valence electrons. The highest BCUT2D eigenvalue weighted by atomic mass is 16.2. The lowest BCUT2D eigenvalue weighted by molar-refractivity contribution is 0.0751. The van der Waals surface area contributed by atoms with Crippen LogP contribution < -0.4 is 5.32 Å². The summed E-state index contributed by atoms with van der Waals surface area (Å²) in [4.78, 5) is 18.9. The van der Waals surface area contributed by atoms with Gasteiger partial charge in [-0.25, -0.2) is 4.98 Å². The zero-order valence-electron chi connectivity index (χ0n) is 13.0. The highest BCUT2D eigenvalue weighted by molar-refractivity contribution is 5.98. The Bertz CT molecular complexity index is 398. The standard InChI is InChI=1S/C16H27N3O/c1-4-7-12-19(13-8-5-2)16(20)14-10-9-11-18-15(14)17-6-3/h9-11H,4-8,12-13H2,1-3H3,(H,17,18). The number of carbonyl (C=O) groups excluding carboxylic acids is 1. The van der Waals surface area contributed by atoms with Crippen LogP contribution in [0.1, 0.15) is 56.8 Å². The van der Waals surface area contributed by atoms with Crippen molar-refractivity contribution in [3.05, 3.63) is 23.9 Å². The van der Waals surface area contributed by atoms with Gasteiger partial charge in [-0.05, 0) is 31.9 Å². The zero-order valence-corrected chi connectivity index (χ0v) is 13.0. The van der Waals surface area contributed by atoms with Gasteiger partial charge in [-0.2, -0.15) is 0 Å². The first-order chi connectivity index (χ1) is 9.74. The quantitative estimate of drug-likeness (QED) is 0.750. The van der Waals surface area contributed by atoms with Crippen LogP contribution in [0.25, 0.3) is 0 Å². The molecule has 0 unspecified atom stereocenters. The predicted molar refractivity (Wildman–Crippen MR) is 84.1 cm³/mol. The number of anilines is 1. The van der Waals surface area contributed by atoms with Crippen LogP contribution in [0.5, 0.6) is 0 Å². The van der Waals surface area contributed by atoms with E-state index in [0.717, 1.165) is 45.3 Å². The first-order valence-corrected chi connectivity index (χ1v) is 7.72. The molecule has 4 heteroatoms. The molecule has 0 bridgehead atoms. The van der Waals surface area contributed by atoms with Gasteiger partial charge in [0.05, 0.1) is 5.56 Å². The molecule has 0 spiro atoms. The molecule has 0 saturated heterocycles. The Morgan fingerprint density at radius 1 is 1.20 bits per heavy atom. The summed E-state index contributed by atoms with van der Waals surface area (Å²) in [7, 11) is 0. The molecule has 4 nitrogen and oxygen atoms in total. The molecule has 0 aliphatic carbocycles. The minimum absolute atomic E-state index is 0.0935. The maximum absolute atomic E-state index is 12.7. The van der Waals surface area contributed by atoms with Crippen molar-refractivity contribution >= 4 is 11.7 Å². The van der Waals surface area contributed by atoms with Gasteiger partial charge in [-0.1, -0.05) is 26.7 Å². The fourth-order valence-corrected chi connectivity index (χ4v) is 2.07. The SMILES string of the molecule is CCCCN(CCCC)C(=O)c1cccnc1NCC. The van der Waals surface area contributed by atoms with Crippen LogP contribution >= 0.6 is 0 Å². The second-order valence-corrected chi connectivity index (χ2v) is 4.93. The van der Waals surface area contributed by atoms with Crippen LogP contribution in [0.3, 0.4) is 0 Å². The third kappa shape index (κ3) is 4.83. The molecule has 0 aromatic carbocycles. The van der Waals surface area contributed by atoms with Crippen molar-refractivity contribution < 1.29 is 4.79 Å². The van der Waals surface area contributed by atoms with E-state index >= 15 is 0 Å². The average molecular weight is 277 g/mol. The third-order valence-electron chi connectivity index (χ3n) is 3.23. The van der Waals surface area contributed by atoms with E-state index in [1.54, 1.807) is 6.20 Å². The zero-order chi connectivity index (χ0) is 14.8. The fraction of sp³-hybridized carbons (Fsp3) is 0.625. The molecular formula is C16H27N3O. The van der Waals surface area contributed by atoms with Crippen molar-refractivity contribution in [2.75, 3.05) is 25.0 Å². The number of carbonyl (C=O) groups is 1. The fourth-order valence-electron chi connectivity index (χ4n) is 2.07. The average Bonchev–Trinajstić information content (AvgIpc) is 2.48. The second kappa shape index (κ2) is 9.34. The van der Waals surface area contributed by atoms with Crippen LogP contribution in [0, 0.1) is 0 Å². The number of unbranched alkanes of at least 4 members (excludes halogenated alkanes) is 2. The second-order valence-electron chi connectivity index (χ2n) is 4.93. The lowest BCUT2D eigenvalue weighted by atomic mass is 10.2. The largest absolute Gasteiger partial charge is 0.370 e. The summed E-state index contributed by atoms with van der Waals surface area (Å²) in [6, 6.07) is 3.68. The molecule has 0 saturated carbocycles. The maximum Gasteiger partial charge on any atom is 0.257 e. The summed E-state index contributed by atoms with van der Waals surface area (Å²) in [6.45, 7) is 8.73. The van der Waals surface area contributed by atoms with Crippen LogP contribution in [0.15, 0.2) is 18.3 Å². The maximum atomic E-state index is 12.7. The molecule has 1 aromatic heterocycles. The number of amides is 1. The van der Waals surface area contributed by atoms with Crippen molar-refractivity contribution in [3.63, 3.8) is 0 Å². The third-order valence-corrected chi connectivity index (χ3v) is 3.23. The summed E-state index contributed by atoms with van der Waals surface area (Å²) in [5.74, 6) is 0.786. The van der Waals surface area contributed by atoms with E-state index in [2.05, 4.69) is 24.1 Å². The van der Waals surface area contributed by atoms with E-state index in [-0.39, 0.29) is 5.91 Å². The summed E-state index contributed by atoms with van der Waals surface area (Å²) in [6.07, 6.45) is 6.02. The monoisotopic (exact) mass is 277 g/mol. The van der Waals surface area contributed by atoms with E-state index in [1.165, 1.54) is 0 Å². The van der Waals surface area contributed by atoms with Crippen LogP contribution in [0.4, 0.5) is 5.82 Å². The van der Waals surface area contributed by atoms with Crippen molar-refractivity contribution in [1.29, 1.82) is 0 Å². The minimum Gasteiger partial charge on any atom is -0.370 e. The summed E-state index contributed by atoms with van der Waals surface area (Å²) in [5, 5.41) is 3.17. The van der Waals surface area contributed by atoms with Gasteiger partial charge in [0.2, 0.25) is 0 Å². The Balaban J connectivity index is 2.86. The summed E-state index contributed by atoms with van der Waals surface area (Å²) < 4.78 is 0. The molecule has 1 rings (SSSR count). The van der Waals surface area contributed by atoms with Gasteiger partial charge in [0.1, 0.15) is 5.82 Å². The van der Waals surface area contributed by atoms with Crippen molar-refractivity contribution in [3.8, 4) is 0 Å². The van der Waals surface area contributed by atoms with Crippen molar-refractivity contribution in [1.82, 2.24) is 9.88 Å². The van der Waals surface area contributed by atoms with Gasteiger partial charge < -0.3 is 10.2 Å². The molecule has 0 aliphatic rings. The Labute approximate surface area is 122 Å². The number of hydrogen-bond acceptors (Lipinski definition) is 3. The number of hydrogen-bond donors (Lipinski definition) is 1. The van der Waals surface area contributed by atoms with Gasteiger partial charge in [0, 0.05) is 25.8 Å². The van der Waals surface area contributed by atoms with E-state index in [9.17, 15) is 4.79 Å². The topological polar surface area (TPSA) is 45.2 Å². The Morgan fingerprint density at radius 3 is 2.40 bits per heavy atom. The van der Waals surface area contributed by atoms with Gasteiger partial charge in [-0.15, -0.1) is 0 Å². The minimum atomic E-state index is 0.0935. The number of aromatic nitrogens is 1. The molecule has 1 N–H and O–H groups in total. The molecule has 0 radical (unpaired) electrons. The molecule has 0 fully saturated rings. The van der Waals surface area contributed by atoms with Gasteiger partial charge in [0.15, 0.2) is 0 Å². The van der Waals surface area contributed by atoms with E-state index in [4.69, 9.17) is 0 Å². The van der Waals surface area contributed by atoms with E-state index < -0.39 is 0 Å². The Hall–Kier alpha value is -1.58. The van der Waals surface area contributed by atoms with Crippen molar-refractivity contribution in [2.45, 2.75) is 46.5 Å². The van der Waals surface area contributed by atoms with E-state index in [1.807, 2.05) is 24.0 Å².